The van der Waals surface area contributed by atoms with E-state index in [-0.39, 0.29) is 6.61 Å². The van der Waals surface area contributed by atoms with Gasteiger partial charge < -0.3 is 15.8 Å². The van der Waals surface area contributed by atoms with Crippen molar-refractivity contribution in [3.8, 4) is 5.75 Å². The molecule has 0 aliphatic heterocycles. The number of rotatable bonds is 5. The van der Waals surface area contributed by atoms with Crippen LogP contribution in [0.1, 0.15) is 21.5 Å². The topological polar surface area (TPSA) is 111 Å². The van der Waals surface area contributed by atoms with Gasteiger partial charge in [0.05, 0.1) is 0 Å². The van der Waals surface area contributed by atoms with E-state index in [1.807, 2.05) is 26.0 Å². The summed E-state index contributed by atoms with van der Waals surface area (Å²) >= 11 is 0. The van der Waals surface area contributed by atoms with Gasteiger partial charge >= 0.3 is 6.03 Å². The highest BCUT2D eigenvalue weighted by Crippen LogP contribution is 2.15. The lowest BCUT2D eigenvalue weighted by Gasteiger charge is -2.10. The van der Waals surface area contributed by atoms with Crippen molar-refractivity contribution in [2.24, 2.45) is 5.73 Å². The van der Waals surface area contributed by atoms with Crippen molar-refractivity contribution >= 4 is 23.5 Å². The molecule has 0 atom stereocenters. The molecule has 0 unspecified atom stereocenters. The molecule has 25 heavy (non-hydrogen) atoms. The minimum atomic E-state index is -0.635. The first-order valence-corrected chi connectivity index (χ1v) is 7.56. The van der Waals surface area contributed by atoms with Crippen molar-refractivity contribution in [1.82, 2.24) is 5.32 Å². The van der Waals surface area contributed by atoms with E-state index in [9.17, 15) is 14.4 Å². The Kier molecular flexibility index (Phi) is 5.73. The molecule has 2 rings (SSSR count). The van der Waals surface area contributed by atoms with Gasteiger partial charge in [-0.2, -0.15) is 0 Å². The highest BCUT2D eigenvalue weighted by Gasteiger charge is 2.10. The van der Waals surface area contributed by atoms with Crippen molar-refractivity contribution < 1.29 is 19.1 Å². The van der Waals surface area contributed by atoms with Gasteiger partial charge in [-0.05, 0) is 49.7 Å². The van der Waals surface area contributed by atoms with Gasteiger partial charge in [-0.3, -0.25) is 14.9 Å². The van der Waals surface area contributed by atoms with Gasteiger partial charge in [0.15, 0.2) is 6.61 Å². The number of hydrogen-bond acceptors (Lipinski definition) is 4. The summed E-state index contributed by atoms with van der Waals surface area (Å²) in [6, 6.07) is 10.9. The second kappa shape index (κ2) is 7.96. The number of amides is 4. The van der Waals surface area contributed by atoms with Crippen LogP contribution < -0.4 is 21.1 Å². The number of imide groups is 1. The Hall–Kier alpha value is -3.35. The van der Waals surface area contributed by atoms with E-state index >= 15 is 0 Å². The minimum absolute atomic E-state index is 0.337. The fourth-order valence-electron chi connectivity index (χ4n) is 2.13. The lowest BCUT2D eigenvalue weighted by Crippen LogP contribution is -2.37. The van der Waals surface area contributed by atoms with Gasteiger partial charge in [0.2, 0.25) is 5.91 Å². The van der Waals surface area contributed by atoms with Crippen LogP contribution in [0.15, 0.2) is 42.5 Å². The number of urea groups is 1. The van der Waals surface area contributed by atoms with Gasteiger partial charge in [-0.15, -0.1) is 0 Å². The van der Waals surface area contributed by atoms with Gasteiger partial charge in [0, 0.05) is 11.3 Å². The normalized spacial score (nSPS) is 10.0. The summed E-state index contributed by atoms with van der Waals surface area (Å²) in [6.07, 6.45) is 0. The van der Waals surface area contributed by atoms with Gasteiger partial charge in [0.25, 0.3) is 5.91 Å². The number of nitrogens with one attached hydrogen (secondary N) is 2. The molecular formula is C18H19N3O4. The standard InChI is InChI=1S/C18H19N3O4/c1-11-3-8-15(12(2)9-11)20-18(24)21-16(22)10-25-14-6-4-13(5-7-14)17(19)23/h3-9H,10H2,1-2H3,(H2,19,23)(H2,20,21,22,24). The molecule has 7 nitrogen and oxygen atoms in total. The van der Waals surface area contributed by atoms with Gasteiger partial charge in [-0.1, -0.05) is 17.7 Å². The van der Waals surface area contributed by atoms with E-state index in [0.29, 0.717) is 17.0 Å². The number of primary amides is 1. The predicted octanol–water partition coefficient (Wildman–Crippen LogP) is 2.13. The summed E-state index contributed by atoms with van der Waals surface area (Å²) in [7, 11) is 0. The van der Waals surface area contributed by atoms with Crippen LogP contribution in [0.3, 0.4) is 0 Å². The lowest BCUT2D eigenvalue weighted by molar-refractivity contribution is -0.121. The highest BCUT2D eigenvalue weighted by atomic mass is 16.5. The molecule has 0 aliphatic carbocycles. The van der Waals surface area contributed by atoms with Gasteiger partial charge in [0.1, 0.15) is 5.75 Å². The van der Waals surface area contributed by atoms with E-state index in [2.05, 4.69) is 10.6 Å². The highest BCUT2D eigenvalue weighted by molar-refractivity contribution is 6.02. The van der Waals surface area contributed by atoms with Crippen LogP contribution in [0.2, 0.25) is 0 Å². The maximum Gasteiger partial charge on any atom is 0.325 e. The smallest absolute Gasteiger partial charge is 0.325 e. The molecule has 130 valence electrons. The average molecular weight is 341 g/mol. The minimum Gasteiger partial charge on any atom is -0.484 e. The van der Waals surface area contributed by atoms with Crippen LogP contribution in [-0.2, 0) is 4.79 Å². The molecule has 0 saturated heterocycles. The maximum absolute atomic E-state index is 11.8. The Bertz CT molecular complexity index is 800. The number of anilines is 1. The number of hydrogen-bond donors (Lipinski definition) is 3. The number of nitrogens with two attached hydrogens (primary N) is 1. The van der Waals surface area contributed by atoms with E-state index in [4.69, 9.17) is 10.5 Å². The number of benzene rings is 2. The van der Waals surface area contributed by atoms with Crippen molar-refractivity contribution in [1.29, 1.82) is 0 Å². The summed E-state index contributed by atoms with van der Waals surface area (Å²) in [6.45, 7) is 3.48. The Balaban J connectivity index is 1.83. The molecule has 0 bridgehead atoms. The van der Waals surface area contributed by atoms with Crippen LogP contribution in [0.4, 0.5) is 10.5 Å². The van der Waals surface area contributed by atoms with Crippen LogP contribution in [0.5, 0.6) is 5.75 Å². The number of ether oxygens (including phenoxy) is 1. The van der Waals surface area contributed by atoms with E-state index in [1.165, 1.54) is 24.3 Å². The first kappa shape index (κ1) is 18.0. The fraction of sp³-hybridized carbons (Fsp3) is 0.167. The van der Waals surface area contributed by atoms with Crippen LogP contribution >= 0.6 is 0 Å². The zero-order chi connectivity index (χ0) is 18.4. The second-order valence-corrected chi connectivity index (χ2v) is 5.50. The number of carbonyl (C=O) groups excluding carboxylic acids is 3. The fourth-order valence-corrected chi connectivity index (χ4v) is 2.13. The molecule has 0 aromatic heterocycles. The first-order chi connectivity index (χ1) is 11.8. The lowest BCUT2D eigenvalue weighted by atomic mass is 10.1. The Morgan fingerprint density at radius 3 is 2.32 bits per heavy atom. The molecule has 0 fully saturated rings. The third-order valence-electron chi connectivity index (χ3n) is 3.39. The molecule has 4 N–H and O–H groups in total. The molecule has 4 amide bonds. The monoisotopic (exact) mass is 341 g/mol. The molecule has 0 heterocycles. The SMILES string of the molecule is Cc1ccc(NC(=O)NC(=O)COc2ccc(C(N)=O)cc2)c(C)c1. The zero-order valence-electron chi connectivity index (χ0n) is 14.0. The molecule has 0 saturated carbocycles. The molecule has 2 aromatic rings. The Morgan fingerprint density at radius 1 is 1.04 bits per heavy atom. The van der Waals surface area contributed by atoms with Crippen molar-refractivity contribution in [2.75, 3.05) is 11.9 Å². The van der Waals surface area contributed by atoms with Crippen molar-refractivity contribution in [3.05, 3.63) is 59.2 Å². The van der Waals surface area contributed by atoms with Crippen LogP contribution in [-0.4, -0.2) is 24.5 Å². The third-order valence-corrected chi connectivity index (χ3v) is 3.39. The summed E-state index contributed by atoms with van der Waals surface area (Å²) in [5.41, 5.74) is 8.07. The molecule has 0 radical (unpaired) electrons. The van der Waals surface area contributed by atoms with Crippen molar-refractivity contribution in [2.45, 2.75) is 13.8 Å². The summed E-state index contributed by atoms with van der Waals surface area (Å²) < 4.78 is 5.25. The number of carbonyl (C=O) groups is 3. The van der Waals surface area contributed by atoms with E-state index in [1.54, 1.807) is 6.07 Å². The first-order valence-electron chi connectivity index (χ1n) is 7.56. The van der Waals surface area contributed by atoms with Gasteiger partial charge in [-0.25, -0.2) is 4.79 Å². The molecule has 2 aromatic carbocycles. The Labute approximate surface area is 145 Å². The molecular weight excluding hydrogens is 322 g/mol. The van der Waals surface area contributed by atoms with Crippen LogP contribution in [0, 0.1) is 13.8 Å². The average Bonchev–Trinajstić information content (AvgIpc) is 2.56. The third kappa shape index (κ3) is 5.35. The molecule has 0 spiro atoms. The quantitative estimate of drug-likeness (QED) is 0.773. The second-order valence-electron chi connectivity index (χ2n) is 5.50. The van der Waals surface area contributed by atoms with E-state index in [0.717, 1.165) is 11.1 Å². The Morgan fingerprint density at radius 2 is 1.72 bits per heavy atom. The maximum atomic E-state index is 11.8. The summed E-state index contributed by atoms with van der Waals surface area (Å²) in [5.74, 6) is -0.761. The molecule has 0 aliphatic rings. The largest absolute Gasteiger partial charge is 0.484 e. The predicted molar refractivity (Wildman–Crippen MR) is 93.5 cm³/mol. The van der Waals surface area contributed by atoms with Crippen LogP contribution in [0.25, 0.3) is 0 Å². The number of aryl methyl sites for hydroxylation is 2. The summed E-state index contributed by atoms with van der Waals surface area (Å²) in [4.78, 5) is 34.6. The summed E-state index contributed by atoms with van der Waals surface area (Å²) in [5, 5.41) is 4.79. The molecule has 7 heteroatoms. The van der Waals surface area contributed by atoms with Crippen molar-refractivity contribution in [3.63, 3.8) is 0 Å². The van der Waals surface area contributed by atoms with E-state index < -0.39 is 17.8 Å². The zero-order valence-corrected chi connectivity index (χ0v) is 14.0.